The minimum absolute atomic E-state index is 0.102. The Labute approximate surface area is 124 Å². The summed E-state index contributed by atoms with van der Waals surface area (Å²) in [6, 6.07) is 0. The second-order valence-electron chi connectivity index (χ2n) is 4.87. The van der Waals surface area contributed by atoms with E-state index in [1.165, 1.54) is 0 Å². The number of hydrogen-bond donors (Lipinski definition) is 3. The standard InChI is InChI=1S/C12H21N5O3S/c1-8(2)11-16-7-9(14-3)10(17-11)12(18)15-5-4-6-21(13,19)20/h7-8,14H,4-6H2,1-3H3,(H,15,18)(H2,13,19,20). The largest absolute Gasteiger partial charge is 0.385 e. The highest BCUT2D eigenvalue weighted by molar-refractivity contribution is 7.89. The molecule has 4 N–H and O–H groups in total. The van der Waals surface area contributed by atoms with Crippen LogP contribution in [0.2, 0.25) is 0 Å². The summed E-state index contributed by atoms with van der Waals surface area (Å²) < 4.78 is 21.6. The Balaban J connectivity index is 2.74. The van der Waals surface area contributed by atoms with Crippen molar-refractivity contribution in [2.75, 3.05) is 24.7 Å². The molecule has 0 aromatic carbocycles. The fourth-order valence-corrected chi connectivity index (χ4v) is 2.14. The molecule has 0 radical (unpaired) electrons. The van der Waals surface area contributed by atoms with Crippen LogP contribution in [0.5, 0.6) is 0 Å². The van der Waals surface area contributed by atoms with Gasteiger partial charge in [-0.15, -0.1) is 0 Å². The van der Waals surface area contributed by atoms with Crippen LogP contribution in [0.3, 0.4) is 0 Å². The molecule has 8 nitrogen and oxygen atoms in total. The summed E-state index contributed by atoms with van der Waals surface area (Å²) in [6.07, 6.45) is 1.81. The number of primary sulfonamides is 1. The molecule has 9 heteroatoms. The first-order valence-corrected chi connectivity index (χ1v) is 8.29. The number of amides is 1. The summed E-state index contributed by atoms with van der Waals surface area (Å²) in [6.45, 7) is 4.07. The molecule has 0 bridgehead atoms. The lowest BCUT2D eigenvalue weighted by atomic mass is 10.2. The van der Waals surface area contributed by atoms with E-state index in [9.17, 15) is 13.2 Å². The SMILES string of the molecule is CNc1cnc(C(C)C)nc1C(=O)NCCCS(N)(=O)=O. The van der Waals surface area contributed by atoms with E-state index in [-0.39, 0.29) is 36.2 Å². The van der Waals surface area contributed by atoms with E-state index in [4.69, 9.17) is 5.14 Å². The number of carbonyl (C=O) groups excluding carboxylic acids is 1. The van der Waals surface area contributed by atoms with Crippen molar-refractivity contribution in [3.8, 4) is 0 Å². The average molecular weight is 315 g/mol. The number of nitrogens with zero attached hydrogens (tertiary/aromatic N) is 2. The Kier molecular flexibility index (Phi) is 6.03. The molecule has 0 fully saturated rings. The molecule has 1 rings (SSSR count). The van der Waals surface area contributed by atoms with Gasteiger partial charge in [0.05, 0.1) is 17.6 Å². The maximum atomic E-state index is 12.1. The monoisotopic (exact) mass is 315 g/mol. The molecule has 1 amide bonds. The number of nitrogens with one attached hydrogen (secondary N) is 2. The number of sulfonamides is 1. The summed E-state index contributed by atoms with van der Waals surface area (Å²) in [5.74, 6) is 0.124. The van der Waals surface area contributed by atoms with Gasteiger partial charge < -0.3 is 10.6 Å². The van der Waals surface area contributed by atoms with Crippen molar-refractivity contribution in [1.82, 2.24) is 15.3 Å². The summed E-state index contributed by atoms with van der Waals surface area (Å²) in [7, 11) is -1.83. The zero-order chi connectivity index (χ0) is 16.0. The zero-order valence-corrected chi connectivity index (χ0v) is 13.2. The molecule has 0 aliphatic rings. The van der Waals surface area contributed by atoms with Crippen LogP contribution >= 0.6 is 0 Å². The van der Waals surface area contributed by atoms with Crippen molar-refractivity contribution in [2.24, 2.45) is 5.14 Å². The van der Waals surface area contributed by atoms with Crippen LogP contribution in [0.4, 0.5) is 5.69 Å². The Morgan fingerprint density at radius 3 is 2.62 bits per heavy atom. The summed E-state index contributed by atoms with van der Waals surface area (Å²) in [5, 5.41) is 10.4. The molecular weight excluding hydrogens is 294 g/mol. The molecule has 0 aliphatic heterocycles. The normalized spacial score (nSPS) is 11.5. The zero-order valence-electron chi connectivity index (χ0n) is 12.4. The fourth-order valence-electron chi connectivity index (χ4n) is 1.59. The van der Waals surface area contributed by atoms with Crippen molar-refractivity contribution in [3.63, 3.8) is 0 Å². The Morgan fingerprint density at radius 1 is 1.43 bits per heavy atom. The lowest BCUT2D eigenvalue weighted by molar-refractivity contribution is 0.0949. The Bertz CT molecular complexity index is 601. The lowest BCUT2D eigenvalue weighted by Gasteiger charge is -2.11. The first-order valence-electron chi connectivity index (χ1n) is 6.58. The van der Waals surface area contributed by atoms with Crippen molar-refractivity contribution in [2.45, 2.75) is 26.2 Å². The highest BCUT2D eigenvalue weighted by Crippen LogP contribution is 2.15. The van der Waals surface area contributed by atoms with E-state index in [0.29, 0.717) is 11.5 Å². The predicted molar refractivity (Wildman–Crippen MR) is 80.6 cm³/mol. The molecule has 1 heterocycles. The first-order chi connectivity index (χ1) is 9.74. The Hall–Kier alpha value is -1.74. The molecule has 0 unspecified atom stereocenters. The van der Waals surface area contributed by atoms with Crippen molar-refractivity contribution in [3.05, 3.63) is 17.7 Å². The number of carbonyl (C=O) groups is 1. The van der Waals surface area contributed by atoms with E-state index in [1.807, 2.05) is 13.8 Å². The highest BCUT2D eigenvalue weighted by atomic mass is 32.2. The van der Waals surface area contributed by atoms with Gasteiger partial charge in [-0.2, -0.15) is 0 Å². The molecule has 1 aromatic heterocycles. The van der Waals surface area contributed by atoms with Gasteiger partial charge in [0.15, 0.2) is 5.69 Å². The molecular formula is C12H21N5O3S. The van der Waals surface area contributed by atoms with E-state index < -0.39 is 10.0 Å². The number of hydrogen-bond acceptors (Lipinski definition) is 6. The molecule has 21 heavy (non-hydrogen) atoms. The molecule has 118 valence electrons. The van der Waals surface area contributed by atoms with Crippen LogP contribution in [0.25, 0.3) is 0 Å². The third kappa shape index (κ3) is 5.64. The molecule has 0 atom stereocenters. The van der Waals surface area contributed by atoms with Crippen LogP contribution in [0.1, 0.15) is 42.5 Å². The Morgan fingerprint density at radius 2 is 2.10 bits per heavy atom. The van der Waals surface area contributed by atoms with Crippen molar-refractivity contribution in [1.29, 1.82) is 0 Å². The van der Waals surface area contributed by atoms with Gasteiger partial charge in [0.1, 0.15) is 5.82 Å². The second kappa shape index (κ2) is 7.32. The van der Waals surface area contributed by atoms with E-state index >= 15 is 0 Å². The van der Waals surface area contributed by atoms with Gasteiger partial charge in [0, 0.05) is 19.5 Å². The van der Waals surface area contributed by atoms with Gasteiger partial charge in [-0.3, -0.25) is 4.79 Å². The van der Waals surface area contributed by atoms with Crippen LogP contribution in [0, 0.1) is 0 Å². The van der Waals surface area contributed by atoms with Crippen molar-refractivity contribution >= 4 is 21.6 Å². The molecule has 0 aliphatic carbocycles. The van der Waals surface area contributed by atoms with Gasteiger partial charge in [-0.05, 0) is 6.42 Å². The maximum absolute atomic E-state index is 12.1. The second-order valence-corrected chi connectivity index (χ2v) is 6.61. The fraction of sp³-hybridized carbons (Fsp3) is 0.583. The quantitative estimate of drug-likeness (QED) is 0.610. The number of rotatable bonds is 7. The smallest absolute Gasteiger partial charge is 0.272 e. The lowest BCUT2D eigenvalue weighted by Crippen LogP contribution is -2.29. The molecule has 1 aromatic rings. The first kappa shape index (κ1) is 17.3. The van der Waals surface area contributed by atoms with Gasteiger partial charge in [-0.1, -0.05) is 13.8 Å². The van der Waals surface area contributed by atoms with E-state index in [0.717, 1.165) is 0 Å². The minimum atomic E-state index is -3.51. The number of aromatic nitrogens is 2. The third-order valence-corrected chi connectivity index (χ3v) is 3.56. The number of anilines is 1. The van der Waals surface area contributed by atoms with Gasteiger partial charge in [0.25, 0.3) is 5.91 Å². The molecule has 0 spiro atoms. The summed E-state index contributed by atoms with van der Waals surface area (Å²) in [4.78, 5) is 20.5. The summed E-state index contributed by atoms with van der Waals surface area (Å²) >= 11 is 0. The van der Waals surface area contributed by atoms with Crippen LogP contribution < -0.4 is 15.8 Å². The van der Waals surface area contributed by atoms with Crippen LogP contribution in [0.15, 0.2) is 6.20 Å². The average Bonchev–Trinajstić information content (AvgIpc) is 2.41. The maximum Gasteiger partial charge on any atom is 0.272 e. The summed E-state index contributed by atoms with van der Waals surface area (Å²) in [5.41, 5.74) is 0.759. The predicted octanol–water partition coefficient (Wildman–Crippen LogP) is 0.0501. The molecule has 0 saturated heterocycles. The van der Waals surface area contributed by atoms with Gasteiger partial charge >= 0.3 is 0 Å². The van der Waals surface area contributed by atoms with E-state index in [2.05, 4.69) is 20.6 Å². The van der Waals surface area contributed by atoms with Crippen LogP contribution in [-0.2, 0) is 10.0 Å². The molecule has 0 saturated carbocycles. The minimum Gasteiger partial charge on any atom is -0.385 e. The highest BCUT2D eigenvalue weighted by Gasteiger charge is 2.15. The van der Waals surface area contributed by atoms with E-state index in [1.54, 1.807) is 13.2 Å². The number of nitrogens with two attached hydrogens (primary N) is 1. The van der Waals surface area contributed by atoms with Crippen LogP contribution in [-0.4, -0.2) is 43.6 Å². The van der Waals surface area contributed by atoms with Gasteiger partial charge in [0.2, 0.25) is 10.0 Å². The van der Waals surface area contributed by atoms with Gasteiger partial charge in [-0.25, -0.2) is 23.5 Å². The van der Waals surface area contributed by atoms with Crippen molar-refractivity contribution < 1.29 is 13.2 Å². The topological polar surface area (TPSA) is 127 Å². The third-order valence-electron chi connectivity index (χ3n) is 2.70.